The van der Waals surface area contributed by atoms with Crippen LogP contribution >= 0.6 is 0 Å². The van der Waals surface area contributed by atoms with E-state index in [0.29, 0.717) is 28.3 Å². The summed E-state index contributed by atoms with van der Waals surface area (Å²) in [6, 6.07) is 24.5. The van der Waals surface area contributed by atoms with Gasteiger partial charge in [-0.05, 0) is 42.0 Å². The summed E-state index contributed by atoms with van der Waals surface area (Å²) in [5.74, 6) is 0.719. The summed E-state index contributed by atoms with van der Waals surface area (Å²) < 4.78 is 12.9. The number of aromatic nitrogens is 1. The number of carbonyl (C=O) groups excluding carboxylic acids is 1. The number of amides is 1. The molecule has 1 heterocycles. The summed E-state index contributed by atoms with van der Waals surface area (Å²) in [6.07, 6.45) is 4.07. The van der Waals surface area contributed by atoms with Gasteiger partial charge < -0.3 is 19.7 Å². The van der Waals surface area contributed by atoms with E-state index in [1.807, 2.05) is 42.5 Å². The maximum absolute atomic E-state index is 12.3. The molecule has 0 aliphatic carbocycles. The third kappa shape index (κ3) is 6.28. The number of aryl methyl sites for hydroxylation is 1. The molecule has 0 bridgehead atoms. The summed E-state index contributed by atoms with van der Waals surface area (Å²) in [7, 11) is 6.05. The monoisotopic (exact) mass is 540 g/mol. The van der Waals surface area contributed by atoms with Crippen LogP contribution in [-0.4, -0.2) is 49.7 Å². The lowest BCUT2D eigenvalue weighted by Gasteiger charge is -2.39. The first-order valence-corrected chi connectivity index (χ1v) is 14.2. The van der Waals surface area contributed by atoms with Crippen molar-refractivity contribution in [2.24, 2.45) is 5.73 Å². The lowest BCUT2D eigenvalue weighted by Crippen LogP contribution is -2.46. The number of ether oxygens (including phenoxy) is 2. The van der Waals surface area contributed by atoms with Crippen LogP contribution in [0.3, 0.4) is 0 Å². The molecule has 0 saturated carbocycles. The van der Waals surface area contributed by atoms with Crippen LogP contribution in [0.1, 0.15) is 60.8 Å². The smallest absolute Gasteiger partial charge is 0.252 e. The number of nitrogens with two attached hydrogens (primary N) is 1. The molecule has 0 fully saturated rings. The van der Waals surface area contributed by atoms with Gasteiger partial charge >= 0.3 is 0 Å². The quantitative estimate of drug-likeness (QED) is 0.186. The van der Waals surface area contributed by atoms with Gasteiger partial charge in [0, 0.05) is 28.6 Å². The molecule has 4 aromatic rings. The number of quaternary nitrogens is 1. The fraction of sp³-hybridized carbons (Fsp3) is 0.353. The van der Waals surface area contributed by atoms with E-state index in [2.05, 4.69) is 52.2 Å². The highest BCUT2D eigenvalue weighted by molar-refractivity contribution is 5.99. The minimum atomic E-state index is -0.503. The van der Waals surface area contributed by atoms with Crippen molar-refractivity contribution in [3.63, 3.8) is 0 Å². The number of likely N-dealkylation sites (N-methyl/N-ethyl adjacent to an activating group) is 1. The molecule has 0 unspecified atom stereocenters. The number of nitrogens with zero attached hydrogens (tertiary/aromatic N) is 2. The SMILES string of the molecule is CCCCc1cc2ccccc2c(OCC[N+](C)(C)[C@H](CC)c2ccc(C(N)=O)c(OC)c2-c2ccccc2)n1. The van der Waals surface area contributed by atoms with Gasteiger partial charge in [-0.2, -0.15) is 0 Å². The number of carbonyl (C=O) groups is 1. The van der Waals surface area contributed by atoms with E-state index in [9.17, 15) is 4.79 Å². The second kappa shape index (κ2) is 13.0. The van der Waals surface area contributed by atoms with Crippen LogP contribution in [0, 0.1) is 0 Å². The molecule has 1 atom stereocenters. The van der Waals surface area contributed by atoms with Gasteiger partial charge in [-0.3, -0.25) is 4.79 Å². The Morgan fingerprint density at radius 1 is 1.00 bits per heavy atom. The van der Waals surface area contributed by atoms with Crippen LogP contribution < -0.4 is 15.2 Å². The normalized spacial score (nSPS) is 12.3. The summed E-state index contributed by atoms with van der Waals surface area (Å²) in [6.45, 7) is 5.68. The minimum absolute atomic E-state index is 0.121. The van der Waals surface area contributed by atoms with E-state index in [1.54, 1.807) is 13.2 Å². The zero-order valence-electron chi connectivity index (χ0n) is 24.4. The number of primary amides is 1. The predicted molar refractivity (Wildman–Crippen MR) is 163 cm³/mol. The Labute approximate surface area is 238 Å². The van der Waals surface area contributed by atoms with E-state index in [1.165, 1.54) is 0 Å². The maximum atomic E-state index is 12.3. The van der Waals surface area contributed by atoms with Gasteiger partial charge in [0.05, 0.1) is 26.8 Å². The van der Waals surface area contributed by atoms with Crippen molar-refractivity contribution in [1.82, 2.24) is 4.98 Å². The standard InChI is InChI=1S/C34H41N3O3/c1-6-8-17-26-23-25-16-12-13-18-27(25)34(36-26)40-22-21-37(3,4)30(7-2)28-19-20-29(33(35)38)32(39-5)31(28)24-14-10-9-11-15-24/h9-16,18-20,23,30H,6-8,17,21-22H2,1-5H3,(H-,35,38)/p+1/t30-/m1/s1. The number of hydrogen-bond donors (Lipinski definition) is 1. The molecule has 0 radical (unpaired) electrons. The lowest BCUT2D eigenvalue weighted by molar-refractivity contribution is -0.921. The molecule has 0 aliphatic heterocycles. The van der Waals surface area contributed by atoms with Crippen LogP contribution in [0.4, 0.5) is 0 Å². The van der Waals surface area contributed by atoms with E-state index in [4.69, 9.17) is 20.2 Å². The molecule has 3 aromatic carbocycles. The largest absolute Gasteiger partial charge is 0.495 e. The van der Waals surface area contributed by atoms with Gasteiger partial charge in [0.2, 0.25) is 5.88 Å². The first-order chi connectivity index (χ1) is 19.3. The fourth-order valence-electron chi connectivity index (χ4n) is 5.62. The van der Waals surface area contributed by atoms with Crippen molar-refractivity contribution in [2.75, 3.05) is 34.4 Å². The van der Waals surface area contributed by atoms with Crippen molar-refractivity contribution in [1.29, 1.82) is 0 Å². The number of methoxy groups -OCH3 is 1. The lowest BCUT2D eigenvalue weighted by atomic mass is 9.89. The van der Waals surface area contributed by atoms with E-state index in [0.717, 1.165) is 65.4 Å². The molecule has 1 aromatic heterocycles. The Bertz CT molecular complexity index is 1450. The Morgan fingerprint density at radius 3 is 2.40 bits per heavy atom. The van der Waals surface area contributed by atoms with Crippen molar-refractivity contribution < 1.29 is 18.8 Å². The van der Waals surface area contributed by atoms with Gasteiger partial charge in [-0.1, -0.05) is 74.9 Å². The molecular weight excluding hydrogens is 498 g/mol. The number of unbranched alkanes of at least 4 members (excludes halogenated alkanes) is 1. The second-order valence-electron chi connectivity index (χ2n) is 10.9. The molecule has 40 heavy (non-hydrogen) atoms. The van der Waals surface area contributed by atoms with Crippen molar-refractivity contribution in [3.05, 3.63) is 89.6 Å². The molecule has 6 nitrogen and oxygen atoms in total. The van der Waals surface area contributed by atoms with E-state index in [-0.39, 0.29) is 6.04 Å². The first kappa shape index (κ1) is 29.1. The maximum Gasteiger partial charge on any atom is 0.252 e. The number of rotatable bonds is 13. The zero-order valence-corrected chi connectivity index (χ0v) is 24.4. The molecule has 0 saturated heterocycles. The van der Waals surface area contributed by atoms with Gasteiger partial charge in [0.15, 0.2) is 0 Å². The predicted octanol–water partition coefficient (Wildman–Crippen LogP) is 6.96. The average Bonchev–Trinajstić information content (AvgIpc) is 2.96. The third-order valence-corrected chi connectivity index (χ3v) is 7.76. The summed E-state index contributed by atoms with van der Waals surface area (Å²) in [5, 5.41) is 2.20. The highest BCUT2D eigenvalue weighted by atomic mass is 16.5. The van der Waals surface area contributed by atoms with Gasteiger partial charge in [-0.25, -0.2) is 4.98 Å². The van der Waals surface area contributed by atoms with Crippen LogP contribution in [0.25, 0.3) is 21.9 Å². The summed E-state index contributed by atoms with van der Waals surface area (Å²) in [4.78, 5) is 17.2. The summed E-state index contributed by atoms with van der Waals surface area (Å²) >= 11 is 0. The zero-order chi connectivity index (χ0) is 28.7. The molecule has 210 valence electrons. The van der Waals surface area contributed by atoms with Crippen LogP contribution in [0.2, 0.25) is 0 Å². The number of benzene rings is 3. The second-order valence-corrected chi connectivity index (χ2v) is 10.9. The first-order valence-electron chi connectivity index (χ1n) is 14.2. The van der Waals surface area contributed by atoms with Gasteiger partial charge in [0.1, 0.15) is 24.9 Å². The highest BCUT2D eigenvalue weighted by Crippen LogP contribution is 2.42. The average molecular weight is 541 g/mol. The van der Waals surface area contributed by atoms with Crippen molar-refractivity contribution in [3.8, 4) is 22.8 Å². The Balaban J connectivity index is 1.65. The van der Waals surface area contributed by atoms with E-state index >= 15 is 0 Å². The molecule has 4 rings (SSSR count). The molecule has 0 aliphatic rings. The van der Waals surface area contributed by atoms with Crippen LogP contribution in [0.15, 0.2) is 72.8 Å². The summed E-state index contributed by atoms with van der Waals surface area (Å²) in [5.41, 5.74) is 10.2. The molecule has 1 amide bonds. The Hall–Kier alpha value is -3.90. The Morgan fingerprint density at radius 2 is 1.73 bits per heavy atom. The van der Waals surface area contributed by atoms with Gasteiger partial charge in [-0.15, -0.1) is 0 Å². The molecular formula is C34H42N3O3+. The van der Waals surface area contributed by atoms with Gasteiger partial charge in [0.25, 0.3) is 5.91 Å². The van der Waals surface area contributed by atoms with E-state index < -0.39 is 5.91 Å². The Kier molecular flexibility index (Phi) is 9.43. The number of fused-ring (bicyclic) bond motifs is 1. The van der Waals surface area contributed by atoms with Crippen molar-refractivity contribution >= 4 is 16.7 Å². The van der Waals surface area contributed by atoms with Crippen LogP contribution in [0.5, 0.6) is 11.6 Å². The van der Waals surface area contributed by atoms with Crippen LogP contribution in [-0.2, 0) is 6.42 Å². The van der Waals surface area contributed by atoms with Crippen molar-refractivity contribution in [2.45, 2.75) is 45.6 Å². The highest BCUT2D eigenvalue weighted by Gasteiger charge is 2.33. The molecule has 6 heteroatoms. The topological polar surface area (TPSA) is 74.4 Å². The molecule has 2 N–H and O–H groups in total. The number of hydrogen-bond acceptors (Lipinski definition) is 4. The third-order valence-electron chi connectivity index (χ3n) is 7.76. The molecule has 0 spiro atoms. The number of pyridine rings is 1. The minimum Gasteiger partial charge on any atom is -0.495 e. The fourth-order valence-corrected chi connectivity index (χ4v) is 5.62.